The summed E-state index contributed by atoms with van der Waals surface area (Å²) in [6, 6.07) is 3.75. The van der Waals surface area contributed by atoms with Crippen molar-refractivity contribution < 1.29 is 27.1 Å². The zero-order valence-corrected chi connectivity index (χ0v) is 12.6. The highest BCUT2D eigenvalue weighted by Gasteiger charge is 2.34. The first-order chi connectivity index (χ1) is 10.8. The van der Waals surface area contributed by atoms with Gasteiger partial charge in [-0.2, -0.15) is 13.2 Å². The lowest BCUT2D eigenvalue weighted by Gasteiger charge is -2.31. The van der Waals surface area contributed by atoms with Crippen LogP contribution in [-0.4, -0.2) is 43.7 Å². The van der Waals surface area contributed by atoms with Crippen molar-refractivity contribution in [1.29, 1.82) is 0 Å². The van der Waals surface area contributed by atoms with Crippen LogP contribution in [0.15, 0.2) is 18.2 Å². The third-order valence-corrected chi connectivity index (χ3v) is 3.78. The normalized spacial score (nSPS) is 17.1. The van der Waals surface area contributed by atoms with Gasteiger partial charge in [0.25, 0.3) is 0 Å². The lowest BCUT2D eigenvalue weighted by molar-refractivity contribution is -0.149. The Balaban J connectivity index is 1.91. The van der Waals surface area contributed by atoms with Gasteiger partial charge in [-0.25, -0.2) is 4.39 Å². The number of piperidine rings is 1. The molecule has 23 heavy (non-hydrogen) atoms. The number of rotatable bonds is 4. The molecule has 0 atom stereocenters. The Kier molecular flexibility index (Phi) is 5.46. The highest BCUT2D eigenvalue weighted by Crippen LogP contribution is 2.27. The number of likely N-dealkylation sites (tertiary alicyclic amines) is 1. The second-order valence-corrected chi connectivity index (χ2v) is 5.50. The number of hydrogen-bond donors (Lipinski definition) is 1. The molecule has 1 amide bonds. The Hall–Kier alpha value is -1.83. The minimum absolute atomic E-state index is 0.202. The molecule has 0 saturated carbocycles. The van der Waals surface area contributed by atoms with Crippen molar-refractivity contribution in [2.24, 2.45) is 5.92 Å². The minimum Gasteiger partial charge on any atom is -0.494 e. The van der Waals surface area contributed by atoms with Crippen molar-refractivity contribution in [3.8, 4) is 5.75 Å². The number of alkyl halides is 3. The van der Waals surface area contributed by atoms with Gasteiger partial charge in [-0.3, -0.25) is 9.69 Å². The van der Waals surface area contributed by atoms with Gasteiger partial charge in [0.2, 0.25) is 5.91 Å². The van der Waals surface area contributed by atoms with Crippen molar-refractivity contribution in [3.05, 3.63) is 24.0 Å². The van der Waals surface area contributed by atoms with E-state index in [0.717, 1.165) is 6.07 Å². The van der Waals surface area contributed by atoms with E-state index >= 15 is 0 Å². The quantitative estimate of drug-likeness (QED) is 0.861. The van der Waals surface area contributed by atoms with Gasteiger partial charge in [0.1, 0.15) is 11.6 Å². The maximum Gasteiger partial charge on any atom is 0.401 e. The molecule has 1 heterocycles. The molecule has 0 spiro atoms. The second-order valence-electron chi connectivity index (χ2n) is 5.50. The predicted octanol–water partition coefficient (Wildman–Crippen LogP) is 3.05. The molecule has 0 bridgehead atoms. The molecule has 1 N–H and O–H groups in total. The SMILES string of the molecule is COc1cc(F)ccc1NC(=O)C1CCN(CC(F)(F)F)CC1. The molecule has 1 aliphatic heterocycles. The number of anilines is 1. The average Bonchev–Trinajstić information content (AvgIpc) is 2.48. The maximum absolute atomic E-state index is 13.1. The number of hydrogen-bond acceptors (Lipinski definition) is 3. The van der Waals surface area contributed by atoms with Crippen molar-refractivity contribution >= 4 is 11.6 Å². The summed E-state index contributed by atoms with van der Waals surface area (Å²) < 4.78 is 55.1. The van der Waals surface area contributed by atoms with Crippen molar-refractivity contribution in [3.63, 3.8) is 0 Å². The second kappa shape index (κ2) is 7.16. The zero-order chi connectivity index (χ0) is 17.0. The summed E-state index contributed by atoms with van der Waals surface area (Å²) in [7, 11) is 1.36. The molecular weight excluding hydrogens is 316 g/mol. The molecule has 0 aliphatic carbocycles. The van der Waals surface area contributed by atoms with Crippen molar-refractivity contribution in [2.75, 3.05) is 32.1 Å². The highest BCUT2D eigenvalue weighted by atomic mass is 19.4. The van der Waals surface area contributed by atoms with E-state index < -0.39 is 18.5 Å². The van der Waals surface area contributed by atoms with Gasteiger partial charge in [0, 0.05) is 12.0 Å². The first kappa shape index (κ1) is 17.5. The van der Waals surface area contributed by atoms with Gasteiger partial charge in [-0.05, 0) is 38.1 Å². The molecular formula is C15H18F4N2O2. The van der Waals surface area contributed by atoms with E-state index in [1.807, 2.05) is 0 Å². The van der Waals surface area contributed by atoms with Crippen LogP contribution < -0.4 is 10.1 Å². The van der Waals surface area contributed by atoms with Crippen LogP contribution >= 0.6 is 0 Å². The Labute approximate surface area is 131 Å². The molecule has 128 valence electrons. The minimum atomic E-state index is -4.23. The van der Waals surface area contributed by atoms with Crippen LogP contribution in [0.3, 0.4) is 0 Å². The van der Waals surface area contributed by atoms with Crippen molar-refractivity contribution in [2.45, 2.75) is 19.0 Å². The highest BCUT2D eigenvalue weighted by molar-refractivity contribution is 5.94. The lowest BCUT2D eigenvalue weighted by Crippen LogP contribution is -2.42. The zero-order valence-electron chi connectivity index (χ0n) is 12.6. The number of nitrogens with zero attached hydrogens (tertiary/aromatic N) is 1. The van der Waals surface area contributed by atoms with Gasteiger partial charge >= 0.3 is 6.18 Å². The number of carbonyl (C=O) groups excluding carboxylic acids is 1. The molecule has 1 fully saturated rings. The van der Waals surface area contributed by atoms with E-state index in [9.17, 15) is 22.4 Å². The molecule has 1 aliphatic rings. The standard InChI is InChI=1S/C15H18F4N2O2/c1-23-13-8-11(16)2-3-12(13)20-14(22)10-4-6-21(7-5-10)9-15(17,18)19/h2-3,8,10H,4-7,9H2,1H3,(H,20,22). The third kappa shape index (κ3) is 5.09. The summed E-state index contributed by atoms with van der Waals surface area (Å²) in [4.78, 5) is 13.5. The van der Waals surface area contributed by atoms with E-state index in [-0.39, 0.29) is 30.7 Å². The summed E-state index contributed by atoms with van der Waals surface area (Å²) in [5.74, 6) is -0.941. The van der Waals surface area contributed by atoms with E-state index in [2.05, 4.69) is 5.32 Å². The molecule has 4 nitrogen and oxygen atoms in total. The fourth-order valence-electron chi connectivity index (χ4n) is 2.61. The lowest BCUT2D eigenvalue weighted by atomic mass is 9.95. The molecule has 1 aromatic carbocycles. The van der Waals surface area contributed by atoms with Crippen LogP contribution in [0.1, 0.15) is 12.8 Å². The average molecular weight is 334 g/mol. The van der Waals surface area contributed by atoms with Gasteiger partial charge in [-0.1, -0.05) is 0 Å². The number of ether oxygens (including phenoxy) is 1. The van der Waals surface area contributed by atoms with Crippen LogP contribution in [-0.2, 0) is 4.79 Å². The fraction of sp³-hybridized carbons (Fsp3) is 0.533. The van der Waals surface area contributed by atoms with Crippen LogP contribution in [0.2, 0.25) is 0 Å². The number of carbonyl (C=O) groups is 1. The topological polar surface area (TPSA) is 41.6 Å². The molecule has 0 aromatic heterocycles. The Morgan fingerprint density at radius 2 is 2.00 bits per heavy atom. The first-order valence-corrected chi connectivity index (χ1v) is 7.22. The summed E-state index contributed by atoms with van der Waals surface area (Å²) in [5, 5.41) is 2.65. The Morgan fingerprint density at radius 1 is 1.35 bits per heavy atom. The number of nitrogens with one attached hydrogen (secondary N) is 1. The Bertz CT molecular complexity index is 555. The number of halogens is 4. The third-order valence-electron chi connectivity index (χ3n) is 3.78. The van der Waals surface area contributed by atoms with Gasteiger partial charge in [0.05, 0.1) is 19.3 Å². The van der Waals surface area contributed by atoms with Crippen LogP contribution in [0.5, 0.6) is 5.75 Å². The number of methoxy groups -OCH3 is 1. The van der Waals surface area contributed by atoms with Gasteiger partial charge < -0.3 is 10.1 Å². The molecule has 0 unspecified atom stereocenters. The van der Waals surface area contributed by atoms with Crippen LogP contribution in [0, 0.1) is 11.7 Å². The summed E-state index contributed by atoms with van der Waals surface area (Å²) in [5.41, 5.74) is 0.344. The van der Waals surface area contributed by atoms with Crippen LogP contribution in [0.4, 0.5) is 23.2 Å². The molecule has 8 heteroatoms. The predicted molar refractivity (Wildman–Crippen MR) is 76.8 cm³/mol. The summed E-state index contributed by atoms with van der Waals surface area (Å²) >= 11 is 0. The van der Waals surface area contributed by atoms with E-state index in [1.54, 1.807) is 0 Å². The van der Waals surface area contributed by atoms with Gasteiger partial charge in [0.15, 0.2) is 0 Å². The van der Waals surface area contributed by atoms with E-state index in [1.165, 1.54) is 24.1 Å². The first-order valence-electron chi connectivity index (χ1n) is 7.22. The van der Waals surface area contributed by atoms with Crippen LogP contribution in [0.25, 0.3) is 0 Å². The number of amides is 1. The number of benzene rings is 1. The Morgan fingerprint density at radius 3 is 2.57 bits per heavy atom. The van der Waals surface area contributed by atoms with Crippen molar-refractivity contribution in [1.82, 2.24) is 4.90 Å². The molecule has 1 saturated heterocycles. The monoisotopic (exact) mass is 334 g/mol. The largest absolute Gasteiger partial charge is 0.494 e. The summed E-state index contributed by atoms with van der Waals surface area (Å²) in [6.07, 6.45) is -3.52. The molecule has 2 rings (SSSR count). The van der Waals surface area contributed by atoms with Gasteiger partial charge in [-0.15, -0.1) is 0 Å². The van der Waals surface area contributed by atoms with E-state index in [0.29, 0.717) is 18.5 Å². The fourth-order valence-corrected chi connectivity index (χ4v) is 2.61. The maximum atomic E-state index is 13.1. The van der Waals surface area contributed by atoms with E-state index in [4.69, 9.17) is 4.74 Å². The smallest absolute Gasteiger partial charge is 0.401 e. The molecule has 1 aromatic rings. The summed E-state index contributed by atoms with van der Waals surface area (Å²) in [6.45, 7) is -0.510. The molecule has 0 radical (unpaired) electrons.